The minimum atomic E-state index is -0.156. The molecular formula is C25H19N5O. The van der Waals surface area contributed by atoms with E-state index in [4.69, 9.17) is 5.10 Å². The van der Waals surface area contributed by atoms with Crippen molar-refractivity contribution in [2.24, 2.45) is 5.10 Å². The van der Waals surface area contributed by atoms with Gasteiger partial charge in [-0.3, -0.25) is 9.78 Å². The second-order valence-electron chi connectivity index (χ2n) is 7.14. The molecule has 0 atom stereocenters. The van der Waals surface area contributed by atoms with Crippen molar-refractivity contribution in [3.63, 3.8) is 0 Å². The Bertz CT molecular complexity index is 1290. The lowest BCUT2D eigenvalue weighted by atomic mass is 10.0. The number of nitrogens with zero attached hydrogens (tertiary/aromatic N) is 5. The molecule has 0 fully saturated rings. The highest BCUT2D eigenvalue weighted by molar-refractivity contribution is 6.32. The van der Waals surface area contributed by atoms with Gasteiger partial charge in [-0.25, -0.2) is 4.68 Å². The molecule has 0 unspecified atom stereocenters. The lowest BCUT2D eigenvalue weighted by Crippen LogP contribution is -2.21. The largest absolute Gasteiger partial charge is 0.280 e. The number of para-hydroxylation sites is 2. The zero-order valence-electron chi connectivity index (χ0n) is 16.9. The quantitative estimate of drug-likeness (QED) is 0.461. The Labute approximate surface area is 179 Å². The Morgan fingerprint density at radius 3 is 2.16 bits per heavy atom. The van der Waals surface area contributed by atoms with Crippen molar-refractivity contribution in [1.82, 2.24) is 14.8 Å². The Kier molecular flexibility index (Phi) is 4.72. The molecule has 31 heavy (non-hydrogen) atoms. The minimum absolute atomic E-state index is 0.156. The van der Waals surface area contributed by atoms with Crippen molar-refractivity contribution in [3.05, 3.63) is 103 Å². The van der Waals surface area contributed by atoms with Crippen molar-refractivity contribution in [1.29, 1.82) is 0 Å². The maximum Gasteiger partial charge on any atom is 0.280 e. The third kappa shape index (κ3) is 3.55. The predicted molar refractivity (Wildman–Crippen MR) is 122 cm³/mol. The van der Waals surface area contributed by atoms with Crippen LogP contribution in [0.5, 0.6) is 0 Å². The van der Waals surface area contributed by atoms with Gasteiger partial charge in [0.15, 0.2) is 0 Å². The SMILES string of the molecule is CC1=NN(c2ccccc2)C(=O)/C1=C/c1cn(-c2ccccc2)nc1-c1ccncc1. The molecule has 5 rings (SSSR count). The van der Waals surface area contributed by atoms with Crippen molar-refractivity contribution in [2.75, 3.05) is 5.01 Å². The maximum absolute atomic E-state index is 13.2. The summed E-state index contributed by atoms with van der Waals surface area (Å²) in [5.41, 5.74) is 5.44. The van der Waals surface area contributed by atoms with Crippen LogP contribution in [0.25, 0.3) is 23.0 Å². The highest BCUT2D eigenvalue weighted by Gasteiger charge is 2.29. The molecule has 1 aliphatic heterocycles. The summed E-state index contributed by atoms with van der Waals surface area (Å²) >= 11 is 0. The third-order valence-corrected chi connectivity index (χ3v) is 5.08. The number of hydrogen-bond acceptors (Lipinski definition) is 4. The van der Waals surface area contributed by atoms with Crippen molar-refractivity contribution in [2.45, 2.75) is 6.92 Å². The number of benzene rings is 2. The number of pyridine rings is 1. The number of hydrazone groups is 1. The molecule has 2 aromatic carbocycles. The van der Waals surface area contributed by atoms with Crippen LogP contribution in [0.3, 0.4) is 0 Å². The second-order valence-corrected chi connectivity index (χ2v) is 7.14. The lowest BCUT2D eigenvalue weighted by molar-refractivity contribution is -0.114. The van der Waals surface area contributed by atoms with E-state index in [2.05, 4.69) is 10.1 Å². The van der Waals surface area contributed by atoms with E-state index in [9.17, 15) is 4.79 Å². The molecule has 0 spiro atoms. The third-order valence-electron chi connectivity index (χ3n) is 5.08. The summed E-state index contributed by atoms with van der Waals surface area (Å²) in [7, 11) is 0. The predicted octanol–water partition coefficient (Wildman–Crippen LogP) is 4.74. The van der Waals surface area contributed by atoms with Gasteiger partial charge in [0.05, 0.1) is 22.7 Å². The molecule has 0 saturated heterocycles. The molecule has 0 aliphatic carbocycles. The van der Waals surface area contributed by atoms with Crippen LogP contribution in [-0.4, -0.2) is 26.4 Å². The summed E-state index contributed by atoms with van der Waals surface area (Å²) in [5, 5.41) is 10.7. The van der Waals surface area contributed by atoms with Gasteiger partial charge >= 0.3 is 0 Å². The Morgan fingerprint density at radius 1 is 0.839 bits per heavy atom. The van der Waals surface area contributed by atoms with E-state index in [-0.39, 0.29) is 5.91 Å². The molecule has 150 valence electrons. The van der Waals surface area contributed by atoms with Gasteiger partial charge in [-0.05, 0) is 49.4 Å². The van der Waals surface area contributed by atoms with E-state index < -0.39 is 0 Å². The average molecular weight is 405 g/mol. The van der Waals surface area contributed by atoms with Gasteiger partial charge in [0.2, 0.25) is 0 Å². The van der Waals surface area contributed by atoms with E-state index in [0.29, 0.717) is 11.3 Å². The lowest BCUT2D eigenvalue weighted by Gasteiger charge is -2.11. The van der Waals surface area contributed by atoms with E-state index in [1.807, 2.05) is 96.7 Å². The van der Waals surface area contributed by atoms with Crippen LogP contribution in [-0.2, 0) is 4.79 Å². The summed E-state index contributed by atoms with van der Waals surface area (Å²) in [5.74, 6) is -0.156. The summed E-state index contributed by atoms with van der Waals surface area (Å²) in [6.07, 6.45) is 7.27. The zero-order chi connectivity index (χ0) is 21.2. The van der Waals surface area contributed by atoms with E-state index >= 15 is 0 Å². The van der Waals surface area contributed by atoms with Gasteiger partial charge in [0, 0.05) is 29.7 Å². The Balaban J connectivity index is 1.60. The molecule has 3 heterocycles. The van der Waals surface area contributed by atoms with Gasteiger partial charge in [-0.2, -0.15) is 15.2 Å². The minimum Gasteiger partial charge on any atom is -0.267 e. The topological polar surface area (TPSA) is 63.4 Å². The van der Waals surface area contributed by atoms with Crippen LogP contribution in [0.1, 0.15) is 12.5 Å². The molecule has 0 N–H and O–H groups in total. The second kappa shape index (κ2) is 7.84. The smallest absolute Gasteiger partial charge is 0.267 e. The first kappa shape index (κ1) is 18.7. The number of amides is 1. The fourth-order valence-corrected chi connectivity index (χ4v) is 3.52. The van der Waals surface area contributed by atoms with E-state index in [0.717, 1.165) is 28.2 Å². The van der Waals surface area contributed by atoms with Crippen LogP contribution < -0.4 is 5.01 Å². The van der Waals surface area contributed by atoms with Gasteiger partial charge in [0.25, 0.3) is 5.91 Å². The van der Waals surface area contributed by atoms with Crippen molar-refractivity contribution in [3.8, 4) is 16.9 Å². The van der Waals surface area contributed by atoms with Crippen LogP contribution in [0.2, 0.25) is 0 Å². The Morgan fingerprint density at radius 2 is 1.48 bits per heavy atom. The fraction of sp³-hybridized carbons (Fsp3) is 0.0400. The average Bonchev–Trinajstić information content (AvgIpc) is 3.37. The number of anilines is 1. The summed E-state index contributed by atoms with van der Waals surface area (Å²) in [6.45, 7) is 1.85. The first-order chi connectivity index (χ1) is 15.2. The Hall–Kier alpha value is -4.32. The van der Waals surface area contributed by atoms with Crippen LogP contribution in [0.15, 0.2) is 102 Å². The highest BCUT2D eigenvalue weighted by Crippen LogP contribution is 2.29. The molecule has 0 bridgehead atoms. The summed E-state index contributed by atoms with van der Waals surface area (Å²) in [6, 6.07) is 23.1. The molecule has 0 radical (unpaired) electrons. The molecule has 1 amide bonds. The first-order valence-electron chi connectivity index (χ1n) is 9.93. The van der Waals surface area contributed by atoms with Gasteiger partial charge in [-0.15, -0.1) is 0 Å². The first-order valence-corrected chi connectivity index (χ1v) is 9.93. The number of hydrogen-bond donors (Lipinski definition) is 0. The molecular weight excluding hydrogens is 386 g/mol. The molecule has 6 heteroatoms. The molecule has 6 nitrogen and oxygen atoms in total. The number of aromatic nitrogens is 3. The molecule has 2 aromatic heterocycles. The van der Waals surface area contributed by atoms with Crippen molar-refractivity contribution < 1.29 is 4.79 Å². The molecule has 1 aliphatic rings. The van der Waals surface area contributed by atoms with Crippen LogP contribution in [0, 0.1) is 0 Å². The molecule has 4 aromatic rings. The molecule has 0 saturated carbocycles. The van der Waals surface area contributed by atoms with Crippen molar-refractivity contribution >= 4 is 23.4 Å². The maximum atomic E-state index is 13.2. The standard InChI is InChI=1S/C25H19N5O/c1-18-23(25(31)30(27-18)22-10-6-3-7-11-22)16-20-17-29(21-8-4-2-5-9-21)28-24(20)19-12-14-26-15-13-19/h2-17H,1H3/b23-16+. The number of rotatable bonds is 4. The van der Waals surface area contributed by atoms with Gasteiger partial charge in [0.1, 0.15) is 5.69 Å². The van der Waals surface area contributed by atoms with Gasteiger partial charge in [-0.1, -0.05) is 36.4 Å². The fourth-order valence-electron chi connectivity index (χ4n) is 3.52. The van der Waals surface area contributed by atoms with Gasteiger partial charge < -0.3 is 0 Å². The van der Waals surface area contributed by atoms with Crippen LogP contribution >= 0.6 is 0 Å². The summed E-state index contributed by atoms with van der Waals surface area (Å²) in [4.78, 5) is 17.3. The monoisotopic (exact) mass is 405 g/mol. The van der Waals surface area contributed by atoms with E-state index in [1.54, 1.807) is 12.4 Å². The van der Waals surface area contributed by atoms with Crippen LogP contribution in [0.4, 0.5) is 5.69 Å². The number of carbonyl (C=O) groups is 1. The highest BCUT2D eigenvalue weighted by atomic mass is 16.2. The zero-order valence-corrected chi connectivity index (χ0v) is 16.9. The van der Waals surface area contributed by atoms with E-state index in [1.165, 1.54) is 5.01 Å². The summed E-state index contributed by atoms with van der Waals surface area (Å²) < 4.78 is 1.82. The normalized spacial score (nSPS) is 14.9. The number of carbonyl (C=O) groups excluding carboxylic acids is 1.